The SMILES string of the molecule is Cc1ccc(SC2(CNC(=O)CCC3CCNC3)CCCC2)cc1. The molecule has 24 heavy (non-hydrogen) atoms. The van der Waals surface area contributed by atoms with Gasteiger partial charge >= 0.3 is 0 Å². The lowest BCUT2D eigenvalue weighted by molar-refractivity contribution is -0.121. The number of amides is 1. The summed E-state index contributed by atoms with van der Waals surface area (Å²) in [5.74, 6) is 0.927. The summed E-state index contributed by atoms with van der Waals surface area (Å²) in [5.41, 5.74) is 1.30. The van der Waals surface area contributed by atoms with Crippen LogP contribution in [0.1, 0.15) is 50.5 Å². The van der Waals surface area contributed by atoms with E-state index in [0.29, 0.717) is 12.3 Å². The van der Waals surface area contributed by atoms with Crippen molar-refractivity contribution in [3.63, 3.8) is 0 Å². The molecule has 132 valence electrons. The van der Waals surface area contributed by atoms with E-state index in [1.165, 1.54) is 42.6 Å². The Balaban J connectivity index is 1.49. The van der Waals surface area contributed by atoms with E-state index in [4.69, 9.17) is 0 Å². The summed E-state index contributed by atoms with van der Waals surface area (Å²) < 4.78 is 0.194. The Morgan fingerprint density at radius 2 is 2.04 bits per heavy atom. The van der Waals surface area contributed by atoms with Gasteiger partial charge in [-0.3, -0.25) is 4.79 Å². The normalized spacial score (nSPS) is 22.6. The number of nitrogens with one attached hydrogen (secondary N) is 2. The van der Waals surface area contributed by atoms with Gasteiger partial charge in [0.15, 0.2) is 0 Å². The van der Waals surface area contributed by atoms with Gasteiger partial charge < -0.3 is 10.6 Å². The molecule has 0 aromatic heterocycles. The molecule has 2 aliphatic rings. The highest BCUT2D eigenvalue weighted by molar-refractivity contribution is 8.00. The molecule has 1 saturated heterocycles. The molecule has 1 aliphatic heterocycles. The van der Waals surface area contributed by atoms with Gasteiger partial charge in [0.2, 0.25) is 5.91 Å². The quantitative estimate of drug-likeness (QED) is 0.786. The summed E-state index contributed by atoms with van der Waals surface area (Å²) in [6, 6.07) is 8.79. The van der Waals surface area contributed by atoms with Crippen molar-refractivity contribution in [1.29, 1.82) is 0 Å². The van der Waals surface area contributed by atoms with Crippen LogP contribution in [0.25, 0.3) is 0 Å². The van der Waals surface area contributed by atoms with Gasteiger partial charge in [-0.25, -0.2) is 0 Å². The number of carbonyl (C=O) groups is 1. The molecule has 4 heteroatoms. The van der Waals surface area contributed by atoms with E-state index in [1.54, 1.807) is 0 Å². The molecule has 0 radical (unpaired) electrons. The molecular formula is C20H30N2OS. The molecule has 1 saturated carbocycles. The lowest BCUT2D eigenvalue weighted by Gasteiger charge is -2.29. The summed E-state index contributed by atoms with van der Waals surface area (Å²) in [6.07, 6.45) is 7.90. The molecule has 1 amide bonds. The number of aryl methyl sites for hydroxylation is 1. The van der Waals surface area contributed by atoms with Gasteiger partial charge in [0.05, 0.1) is 0 Å². The van der Waals surface area contributed by atoms with E-state index in [9.17, 15) is 4.79 Å². The number of thioether (sulfide) groups is 1. The Bertz CT molecular complexity index is 531. The van der Waals surface area contributed by atoms with Crippen molar-refractivity contribution in [1.82, 2.24) is 10.6 Å². The summed E-state index contributed by atoms with van der Waals surface area (Å²) in [4.78, 5) is 13.6. The maximum atomic E-state index is 12.3. The van der Waals surface area contributed by atoms with E-state index < -0.39 is 0 Å². The van der Waals surface area contributed by atoms with Crippen LogP contribution in [0.4, 0.5) is 0 Å². The van der Waals surface area contributed by atoms with Crippen LogP contribution in [-0.2, 0) is 4.79 Å². The van der Waals surface area contributed by atoms with Crippen LogP contribution >= 0.6 is 11.8 Å². The first-order valence-electron chi connectivity index (χ1n) is 9.38. The number of rotatable bonds is 7. The summed E-state index contributed by atoms with van der Waals surface area (Å²) in [5, 5.41) is 6.62. The summed E-state index contributed by atoms with van der Waals surface area (Å²) >= 11 is 1.97. The van der Waals surface area contributed by atoms with Crippen LogP contribution in [0.2, 0.25) is 0 Å². The molecule has 0 bridgehead atoms. The minimum Gasteiger partial charge on any atom is -0.355 e. The average molecular weight is 347 g/mol. The zero-order valence-corrected chi connectivity index (χ0v) is 15.6. The molecule has 1 unspecified atom stereocenters. The number of hydrogen-bond donors (Lipinski definition) is 2. The third kappa shape index (κ3) is 5.00. The van der Waals surface area contributed by atoms with Crippen molar-refractivity contribution in [2.75, 3.05) is 19.6 Å². The van der Waals surface area contributed by atoms with Crippen molar-refractivity contribution in [3.8, 4) is 0 Å². The first kappa shape index (κ1) is 17.8. The van der Waals surface area contributed by atoms with Crippen LogP contribution in [0, 0.1) is 12.8 Å². The topological polar surface area (TPSA) is 41.1 Å². The van der Waals surface area contributed by atoms with Gasteiger partial charge in [0.25, 0.3) is 0 Å². The number of carbonyl (C=O) groups excluding carboxylic acids is 1. The largest absolute Gasteiger partial charge is 0.355 e. The van der Waals surface area contributed by atoms with E-state index >= 15 is 0 Å². The van der Waals surface area contributed by atoms with Crippen LogP contribution < -0.4 is 10.6 Å². The Labute approximate surface area is 150 Å². The molecule has 0 spiro atoms. The summed E-state index contributed by atoms with van der Waals surface area (Å²) in [7, 11) is 0. The monoisotopic (exact) mass is 346 g/mol. The maximum Gasteiger partial charge on any atom is 0.220 e. The molecule has 1 heterocycles. The molecule has 1 aromatic carbocycles. The Morgan fingerprint density at radius 1 is 1.29 bits per heavy atom. The lowest BCUT2D eigenvalue weighted by Crippen LogP contribution is -2.38. The second-order valence-electron chi connectivity index (χ2n) is 7.48. The van der Waals surface area contributed by atoms with E-state index in [-0.39, 0.29) is 10.7 Å². The van der Waals surface area contributed by atoms with Crippen LogP contribution in [-0.4, -0.2) is 30.3 Å². The first-order valence-corrected chi connectivity index (χ1v) is 10.2. The Kier molecular flexibility index (Phi) is 6.23. The van der Waals surface area contributed by atoms with Crippen LogP contribution in [0.3, 0.4) is 0 Å². The standard InChI is InChI=1S/C20H30N2OS/c1-16-4-7-18(8-5-16)24-20(11-2-3-12-20)15-22-19(23)9-6-17-10-13-21-14-17/h4-5,7-8,17,21H,2-3,6,9-15H2,1H3,(H,22,23). The fraction of sp³-hybridized carbons (Fsp3) is 0.650. The van der Waals surface area contributed by atoms with Gasteiger partial charge in [-0.05, 0) is 63.7 Å². The van der Waals surface area contributed by atoms with Gasteiger partial charge in [-0.15, -0.1) is 11.8 Å². The van der Waals surface area contributed by atoms with Gasteiger partial charge in [-0.2, -0.15) is 0 Å². The zero-order chi connectivity index (χ0) is 16.8. The molecule has 1 aliphatic carbocycles. The number of hydrogen-bond acceptors (Lipinski definition) is 3. The third-order valence-corrected chi connectivity index (χ3v) is 6.91. The molecule has 3 nitrogen and oxygen atoms in total. The fourth-order valence-electron chi connectivity index (χ4n) is 3.83. The molecule has 2 N–H and O–H groups in total. The van der Waals surface area contributed by atoms with Crippen molar-refractivity contribution in [2.45, 2.75) is 61.5 Å². The predicted molar refractivity (Wildman–Crippen MR) is 101 cm³/mol. The molecule has 1 atom stereocenters. The minimum atomic E-state index is 0.194. The second-order valence-corrected chi connectivity index (χ2v) is 9.02. The zero-order valence-electron chi connectivity index (χ0n) is 14.8. The Morgan fingerprint density at radius 3 is 2.71 bits per heavy atom. The highest BCUT2D eigenvalue weighted by atomic mass is 32.2. The smallest absolute Gasteiger partial charge is 0.220 e. The maximum absolute atomic E-state index is 12.3. The third-order valence-electron chi connectivity index (χ3n) is 5.42. The second kappa shape index (κ2) is 8.39. The van der Waals surface area contributed by atoms with Crippen molar-refractivity contribution >= 4 is 17.7 Å². The number of benzene rings is 1. The van der Waals surface area contributed by atoms with Crippen molar-refractivity contribution in [2.24, 2.45) is 5.92 Å². The predicted octanol–water partition coefficient (Wildman–Crippen LogP) is 3.91. The fourth-order valence-corrected chi connectivity index (χ4v) is 5.24. The highest BCUT2D eigenvalue weighted by Crippen LogP contribution is 2.44. The van der Waals surface area contributed by atoms with Crippen LogP contribution in [0.15, 0.2) is 29.2 Å². The van der Waals surface area contributed by atoms with Gasteiger partial charge in [-0.1, -0.05) is 30.5 Å². The first-order chi connectivity index (χ1) is 11.7. The molecule has 3 rings (SSSR count). The highest BCUT2D eigenvalue weighted by Gasteiger charge is 2.35. The lowest BCUT2D eigenvalue weighted by atomic mass is 10.0. The average Bonchev–Trinajstić information content (AvgIpc) is 3.26. The molecule has 1 aromatic rings. The van der Waals surface area contributed by atoms with E-state index in [0.717, 1.165) is 26.1 Å². The summed E-state index contributed by atoms with van der Waals surface area (Å²) in [6.45, 7) is 5.14. The van der Waals surface area contributed by atoms with Gasteiger partial charge in [0.1, 0.15) is 0 Å². The van der Waals surface area contributed by atoms with Crippen LogP contribution in [0.5, 0.6) is 0 Å². The van der Waals surface area contributed by atoms with E-state index in [2.05, 4.69) is 41.8 Å². The van der Waals surface area contributed by atoms with Crippen molar-refractivity contribution in [3.05, 3.63) is 29.8 Å². The minimum absolute atomic E-state index is 0.194. The Hall–Kier alpha value is -1.00. The van der Waals surface area contributed by atoms with Crippen molar-refractivity contribution < 1.29 is 4.79 Å². The van der Waals surface area contributed by atoms with Gasteiger partial charge in [0, 0.05) is 22.6 Å². The van der Waals surface area contributed by atoms with E-state index in [1.807, 2.05) is 11.8 Å². The molecule has 2 fully saturated rings. The molecular weight excluding hydrogens is 316 g/mol.